The average molecular weight is 392 g/mol. The van der Waals surface area contributed by atoms with E-state index in [0.717, 1.165) is 38.9 Å². The molecule has 4 nitrogen and oxygen atoms in total. The molecule has 3 N–H and O–H groups in total. The Morgan fingerprint density at radius 1 is 1.21 bits per heavy atom. The van der Waals surface area contributed by atoms with Crippen LogP contribution in [0.15, 0.2) is 41.3 Å². The van der Waals surface area contributed by atoms with Gasteiger partial charge in [0.1, 0.15) is 6.07 Å². The van der Waals surface area contributed by atoms with Crippen molar-refractivity contribution >= 4 is 34.6 Å². The summed E-state index contributed by atoms with van der Waals surface area (Å²) in [6, 6.07) is 13.9. The van der Waals surface area contributed by atoms with Crippen LogP contribution in [0.3, 0.4) is 0 Å². The monoisotopic (exact) mass is 391 g/mol. The van der Waals surface area contributed by atoms with E-state index in [-0.39, 0.29) is 0 Å². The van der Waals surface area contributed by atoms with E-state index in [1.807, 2.05) is 70.4 Å². The van der Waals surface area contributed by atoms with E-state index in [1.165, 1.54) is 11.8 Å². The molecule has 3 aromatic rings. The molecular formula is C23H25N3OS. The van der Waals surface area contributed by atoms with Gasteiger partial charge in [0, 0.05) is 11.1 Å². The number of carbonyl (C=O) groups excluding carboxylic acids is 1. The molecule has 0 bridgehead atoms. The van der Waals surface area contributed by atoms with E-state index in [0.29, 0.717) is 10.5 Å². The van der Waals surface area contributed by atoms with Crippen molar-refractivity contribution in [2.24, 2.45) is 5.73 Å². The first kappa shape index (κ1) is 21.3. The minimum absolute atomic E-state index is 0.446. The van der Waals surface area contributed by atoms with Crippen molar-refractivity contribution < 1.29 is 4.79 Å². The topological polar surface area (TPSA) is 82.7 Å². The normalized spacial score (nSPS) is 10.9. The summed E-state index contributed by atoms with van der Waals surface area (Å²) in [5.74, 6) is -0.446. The van der Waals surface area contributed by atoms with Gasteiger partial charge in [0.25, 0.3) is 5.91 Å². The summed E-state index contributed by atoms with van der Waals surface area (Å²) >= 11 is 1.42. The molecule has 1 aromatic heterocycles. The number of fused-ring (bicyclic) bond motifs is 1. The Morgan fingerprint density at radius 2 is 1.93 bits per heavy atom. The number of carbonyl (C=O) groups is 1. The number of aromatic amines is 1. The summed E-state index contributed by atoms with van der Waals surface area (Å²) in [6.45, 7) is 8.02. The lowest BCUT2D eigenvalue weighted by Crippen LogP contribution is -2.11. The number of aryl methyl sites for hydroxylation is 2. The summed E-state index contributed by atoms with van der Waals surface area (Å²) in [6.07, 6.45) is 3.76. The second-order valence-corrected chi connectivity index (χ2v) is 6.95. The van der Waals surface area contributed by atoms with Crippen LogP contribution in [0.1, 0.15) is 41.0 Å². The van der Waals surface area contributed by atoms with Crippen LogP contribution in [-0.2, 0) is 0 Å². The van der Waals surface area contributed by atoms with Gasteiger partial charge in [0.15, 0.2) is 0 Å². The number of thioether (sulfide) groups is 1. The highest BCUT2D eigenvalue weighted by molar-refractivity contribution is 8.02. The van der Waals surface area contributed by atoms with Crippen LogP contribution in [0, 0.1) is 25.2 Å². The van der Waals surface area contributed by atoms with E-state index >= 15 is 0 Å². The number of aromatic nitrogens is 1. The molecular weight excluding hydrogens is 366 g/mol. The molecule has 1 heterocycles. The summed E-state index contributed by atoms with van der Waals surface area (Å²) in [5, 5.41) is 10.2. The second kappa shape index (κ2) is 9.29. The van der Waals surface area contributed by atoms with Crippen LogP contribution in [0.4, 0.5) is 0 Å². The van der Waals surface area contributed by atoms with Gasteiger partial charge in [0.05, 0.1) is 16.0 Å². The summed E-state index contributed by atoms with van der Waals surface area (Å²) in [5.41, 5.74) is 11.9. The number of H-pyrrole nitrogens is 1. The Hall–Kier alpha value is -2.97. The minimum atomic E-state index is -0.446. The minimum Gasteiger partial charge on any atom is -0.366 e. The number of allylic oxidation sites excluding steroid dienone is 1. The summed E-state index contributed by atoms with van der Waals surface area (Å²) < 4.78 is 0. The molecule has 3 rings (SSSR count). The molecule has 2 aromatic carbocycles. The number of benzene rings is 2. The van der Waals surface area contributed by atoms with E-state index in [9.17, 15) is 4.79 Å². The van der Waals surface area contributed by atoms with Gasteiger partial charge in [-0.25, -0.2) is 0 Å². The molecule has 0 fully saturated rings. The molecule has 144 valence electrons. The zero-order chi connectivity index (χ0) is 20.8. The van der Waals surface area contributed by atoms with Crippen LogP contribution in [0.25, 0.3) is 28.1 Å². The highest BCUT2D eigenvalue weighted by Gasteiger charge is 2.16. The lowest BCUT2D eigenvalue weighted by atomic mass is 9.95. The van der Waals surface area contributed by atoms with Crippen LogP contribution in [0.2, 0.25) is 0 Å². The van der Waals surface area contributed by atoms with Gasteiger partial charge in [0.2, 0.25) is 0 Å². The number of rotatable bonds is 4. The van der Waals surface area contributed by atoms with Gasteiger partial charge in [-0.15, -0.1) is 11.8 Å². The van der Waals surface area contributed by atoms with Crippen molar-refractivity contribution in [2.45, 2.75) is 27.7 Å². The SMILES string of the molecule is CC.CS/C(C#N)=C/c1cccc(-c2ccc(C(N)=O)c3[nH]c(C)c(C)c23)c1. The third-order valence-electron chi connectivity index (χ3n) is 4.55. The lowest BCUT2D eigenvalue weighted by molar-refractivity contribution is 0.100. The number of hydrogen-bond donors (Lipinski definition) is 2. The fraction of sp³-hybridized carbons (Fsp3) is 0.217. The highest BCUT2D eigenvalue weighted by atomic mass is 32.2. The maximum atomic E-state index is 11.8. The van der Waals surface area contributed by atoms with Crippen molar-refractivity contribution in [3.05, 3.63) is 63.7 Å². The fourth-order valence-electron chi connectivity index (χ4n) is 3.12. The maximum Gasteiger partial charge on any atom is 0.250 e. The number of nitriles is 1. The highest BCUT2D eigenvalue weighted by Crippen LogP contribution is 2.35. The Bertz CT molecular complexity index is 1090. The van der Waals surface area contributed by atoms with E-state index < -0.39 is 5.91 Å². The van der Waals surface area contributed by atoms with Crippen LogP contribution < -0.4 is 5.73 Å². The standard InChI is InChI=1S/C21H19N3OS.C2H6/c1-12-13(2)24-20-18(21(23)25)8-7-17(19(12)20)15-6-4-5-14(9-15)10-16(11-22)26-3;1-2/h4-10,24H,1-3H3,(H2,23,25);1-2H3/b16-10+;. The van der Waals surface area contributed by atoms with Gasteiger partial charge in [-0.05, 0) is 60.6 Å². The number of amides is 1. The molecule has 5 heteroatoms. The molecule has 0 spiro atoms. The summed E-state index contributed by atoms with van der Waals surface area (Å²) in [7, 11) is 0. The third kappa shape index (κ3) is 4.13. The largest absolute Gasteiger partial charge is 0.366 e. The molecule has 1 amide bonds. The van der Waals surface area contributed by atoms with Crippen molar-refractivity contribution in [1.29, 1.82) is 5.26 Å². The third-order valence-corrected chi connectivity index (χ3v) is 5.20. The first-order valence-corrected chi connectivity index (χ1v) is 10.4. The smallest absolute Gasteiger partial charge is 0.250 e. The van der Waals surface area contributed by atoms with Crippen molar-refractivity contribution in [3.63, 3.8) is 0 Å². The van der Waals surface area contributed by atoms with Gasteiger partial charge < -0.3 is 10.7 Å². The van der Waals surface area contributed by atoms with Crippen LogP contribution >= 0.6 is 11.8 Å². The fourth-order valence-corrected chi connectivity index (χ4v) is 3.47. The van der Waals surface area contributed by atoms with Gasteiger partial charge in [-0.2, -0.15) is 5.26 Å². The zero-order valence-electron chi connectivity index (χ0n) is 16.9. The molecule has 0 unspecified atom stereocenters. The average Bonchev–Trinajstić information content (AvgIpc) is 3.01. The predicted molar refractivity (Wildman–Crippen MR) is 120 cm³/mol. The molecule has 0 aliphatic carbocycles. The number of primary amides is 1. The Balaban J connectivity index is 0.00000136. The summed E-state index contributed by atoms with van der Waals surface area (Å²) in [4.78, 5) is 15.7. The molecule has 0 atom stereocenters. The maximum absolute atomic E-state index is 11.8. The Kier molecular flexibility index (Phi) is 7.08. The predicted octanol–water partition coefficient (Wildman–Crippen LogP) is 5.80. The van der Waals surface area contributed by atoms with E-state index in [2.05, 4.69) is 11.1 Å². The number of hydrogen-bond acceptors (Lipinski definition) is 3. The molecule has 28 heavy (non-hydrogen) atoms. The number of nitrogens with two attached hydrogens (primary N) is 1. The number of nitrogens with one attached hydrogen (secondary N) is 1. The second-order valence-electron chi connectivity index (χ2n) is 6.10. The van der Waals surface area contributed by atoms with Gasteiger partial charge in [-0.1, -0.05) is 38.1 Å². The molecule has 0 saturated carbocycles. The molecule has 0 radical (unpaired) electrons. The molecule has 0 aliphatic rings. The van der Waals surface area contributed by atoms with Crippen LogP contribution in [-0.4, -0.2) is 17.1 Å². The van der Waals surface area contributed by atoms with Crippen molar-refractivity contribution in [1.82, 2.24) is 4.98 Å². The van der Waals surface area contributed by atoms with Gasteiger partial charge in [-0.3, -0.25) is 4.79 Å². The van der Waals surface area contributed by atoms with Crippen molar-refractivity contribution in [3.8, 4) is 17.2 Å². The van der Waals surface area contributed by atoms with E-state index in [1.54, 1.807) is 6.07 Å². The first-order chi connectivity index (χ1) is 13.5. The quantitative estimate of drug-likeness (QED) is 0.551. The van der Waals surface area contributed by atoms with Gasteiger partial charge >= 0.3 is 0 Å². The lowest BCUT2D eigenvalue weighted by Gasteiger charge is -2.09. The Morgan fingerprint density at radius 3 is 2.54 bits per heavy atom. The molecule has 0 saturated heterocycles. The molecule has 0 aliphatic heterocycles. The van der Waals surface area contributed by atoms with Crippen molar-refractivity contribution in [2.75, 3.05) is 6.26 Å². The zero-order valence-corrected chi connectivity index (χ0v) is 17.7. The Labute approximate surface area is 170 Å². The van der Waals surface area contributed by atoms with E-state index in [4.69, 9.17) is 11.0 Å². The van der Waals surface area contributed by atoms with Crippen LogP contribution in [0.5, 0.6) is 0 Å². The number of nitrogens with zero attached hydrogens (tertiary/aromatic N) is 1. The first-order valence-electron chi connectivity index (χ1n) is 9.14.